The van der Waals surface area contributed by atoms with Crippen molar-refractivity contribution in [2.45, 2.75) is 31.3 Å². The molecule has 3 heteroatoms. The predicted octanol–water partition coefficient (Wildman–Crippen LogP) is 2.93. The van der Waals surface area contributed by atoms with Gasteiger partial charge in [0.05, 0.1) is 0 Å². The summed E-state index contributed by atoms with van der Waals surface area (Å²) in [5.74, 6) is 0. The maximum absolute atomic E-state index is 6.21. The van der Waals surface area contributed by atoms with Crippen molar-refractivity contribution >= 4 is 15.9 Å². The molecular weight excluding hydrogens is 264 g/mol. The molecule has 0 bridgehead atoms. The summed E-state index contributed by atoms with van der Waals surface area (Å²) in [4.78, 5) is 2.43. The van der Waals surface area contributed by atoms with Crippen LogP contribution in [0.1, 0.15) is 30.9 Å². The van der Waals surface area contributed by atoms with E-state index in [2.05, 4.69) is 40.0 Å². The first-order chi connectivity index (χ1) is 7.68. The average Bonchev–Trinajstić information content (AvgIpc) is 3.10. The first-order valence-corrected chi connectivity index (χ1v) is 6.68. The first kappa shape index (κ1) is 12.1. The molecular formula is C13H19BrN2. The fourth-order valence-electron chi connectivity index (χ4n) is 1.97. The van der Waals surface area contributed by atoms with E-state index < -0.39 is 0 Å². The fourth-order valence-corrected chi connectivity index (χ4v) is 2.55. The second kappa shape index (κ2) is 5.30. The maximum atomic E-state index is 6.21. The van der Waals surface area contributed by atoms with Gasteiger partial charge >= 0.3 is 0 Å². The largest absolute Gasteiger partial charge is 0.324 e. The Labute approximate surface area is 106 Å². The Balaban J connectivity index is 1.87. The topological polar surface area (TPSA) is 29.3 Å². The highest BCUT2D eigenvalue weighted by atomic mass is 79.9. The molecule has 1 aromatic carbocycles. The molecule has 1 aliphatic rings. The molecule has 1 saturated carbocycles. The zero-order chi connectivity index (χ0) is 11.5. The summed E-state index contributed by atoms with van der Waals surface area (Å²) in [6.45, 7) is 1.09. The lowest BCUT2D eigenvalue weighted by atomic mass is 10.0. The van der Waals surface area contributed by atoms with Gasteiger partial charge in [-0.25, -0.2) is 0 Å². The standard InChI is InChI=1S/C13H19BrN2/c1-16(10-6-7-10)9-8-13(15)11-4-2-3-5-12(11)14/h2-5,10,13H,6-9,15H2,1H3. The van der Waals surface area contributed by atoms with Gasteiger partial charge in [0.2, 0.25) is 0 Å². The number of rotatable bonds is 5. The monoisotopic (exact) mass is 282 g/mol. The zero-order valence-electron chi connectivity index (χ0n) is 9.70. The third-order valence-corrected chi connectivity index (χ3v) is 3.99. The van der Waals surface area contributed by atoms with Crippen LogP contribution >= 0.6 is 15.9 Å². The molecule has 2 N–H and O–H groups in total. The van der Waals surface area contributed by atoms with Crippen molar-refractivity contribution in [1.82, 2.24) is 4.90 Å². The summed E-state index contributed by atoms with van der Waals surface area (Å²) in [5, 5.41) is 0. The van der Waals surface area contributed by atoms with Crippen LogP contribution in [0.25, 0.3) is 0 Å². The molecule has 16 heavy (non-hydrogen) atoms. The molecule has 1 aromatic rings. The van der Waals surface area contributed by atoms with Gasteiger partial charge in [0, 0.05) is 16.6 Å². The van der Waals surface area contributed by atoms with E-state index in [1.165, 1.54) is 18.4 Å². The molecule has 1 aliphatic carbocycles. The normalized spacial score (nSPS) is 17.8. The molecule has 2 nitrogen and oxygen atoms in total. The summed E-state index contributed by atoms with van der Waals surface area (Å²) in [6.07, 6.45) is 3.75. The molecule has 1 atom stereocenters. The van der Waals surface area contributed by atoms with Crippen LogP contribution in [-0.2, 0) is 0 Å². The van der Waals surface area contributed by atoms with Gasteiger partial charge in [-0.3, -0.25) is 0 Å². The highest BCUT2D eigenvalue weighted by Gasteiger charge is 2.26. The van der Waals surface area contributed by atoms with Gasteiger partial charge in [-0.2, -0.15) is 0 Å². The lowest BCUT2D eigenvalue weighted by molar-refractivity contribution is 0.309. The van der Waals surface area contributed by atoms with E-state index in [4.69, 9.17) is 5.73 Å². The van der Waals surface area contributed by atoms with E-state index in [0.29, 0.717) is 0 Å². The van der Waals surface area contributed by atoms with Crippen molar-refractivity contribution < 1.29 is 0 Å². The molecule has 0 amide bonds. The number of benzene rings is 1. The fraction of sp³-hybridized carbons (Fsp3) is 0.538. The van der Waals surface area contributed by atoms with Gasteiger partial charge in [-0.05, 0) is 44.5 Å². The number of halogens is 1. The summed E-state index contributed by atoms with van der Waals surface area (Å²) in [7, 11) is 2.20. The minimum atomic E-state index is 0.136. The third-order valence-electron chi connectivity index (χ3n) is 3.27. The van der Waals surface area contributed by atoms with Crippen LogP contribution in [0.3, 0.4) is 0 Å². The Kier molecular flexibility index (Phi) is 4.00. The Morgan fingerprint density at radius 3 is 2.75 bits per heavy atom. The number of hydrogen-bond acceptors (Lipinski definition) is 2. The summed E-state index contributed by atoms with van der Waals surface area (Å²) >= 11 is 3.55. The van der Waals surface area contributed by atoms with Crippen LogP contribution in [0.2, 0.25) is 0 Å². The molecule has 0 aliphatic heterocycles. The SMILES string of the molecule is CN(CCC(N)c1ccccc1Br)C1CC1. The summed E-state index contributed by atoms with van der Waals surface area (Å²) in [6, 6.07) is 9.19. The van der Waals surface area contributed by atoms with Crippen LogP contribution in [0, 0.1) is 0 Å². The molecule has 1 unspecified atom stereocenters. The van der Waals surface area contributed by atoms with E-state index in [1.807, 2.05) is 12.1 Å². The molecule has 88 valence electrons. The Bertz CT molecular complexity index is 350. The molecule has 0 heterocycles. The summed E-state index contributed by atoms with van der Waals surface area (Å²) < 4.78 is 1.12. The molecule has 0 spiro atoms. The van der Waals surface area contributed by atoms with E-state index in [-0.39, 0.29) is 6.04 Å². The zero-order valence-corrected chi connectivity index (χ0v) is 11.3. The minimum Gasteiger partial charge on any atom is -0.324 e. The summed E-state index contributed by atoms with van der Waals surface area (Å²) in [5.41, 5.74) is 7.42. The second-order valence-corrected chi connectivity index (χ2v) is 5.48. The van der Waals surface area contributed by atoms with Gasteiger partial charge in [-0.15, -0.1) is 0 Å². The van der Waals surface area contributed by atoms with E-state index in [0.717, 1.165) is 23.5 Å². The average molecular weight is 283 g/mol. The Morgan fingerprint density at radius 1 is 1.44 bits per heavy atom. The minimum absolute atomic E-state index is 0.136. The molecule has 0 saturated heterocycles. The van der Waals surface area contributed by atoms with E-state index in [1.54, 1.807) is 0 Å². The second-order valence-electron chi connectivity index (χ2n) is 4.63. The Morgan fingerprint density at radius 2 is 2.12 bits per heavy atom. The van der Waals surface area contributed by atoms with Crippen molar-refractivity contribution in [3.05, 3.63) is 34.3 Å². The van der Waals surface area contributed by atoms with Crippen LogP contribution in [0.4, 0.5) is 0 Å². The van der Waals surface area contributed by atoms with Crippen LogP contribution < -0.4 is 5.73 Å². The molecule has 0 radical (unpaired) electrons. The van der Waals surface area contributed by atoms with Crippen molar-refractivity contribution in [2.24, 2.45) is 5.73 Å². The predicted molar refractivity (Wildman–Crippen MR) is 71.3 cm³/mol. The maximum Gasteiger partial charge on any atom is 0.0318 e. The van der Waals surface area contributed by atoms with Gasteiger partial charge in [0.15, 0.2) is 0 Å². The number of nitrogens with zero attached hydrogens (tertiary/aromatic N) is 1. The van der Waals surface area contributed by atoms with Crippen LogP contribution in [-0.4, -0.2) is 24.5 Å². The van der Waals surface area contributed by atoms with Crippen LogP contribution in [0.15, 0.2) is 28.7 Å². The van der Waals surface area contributed by atoms with Gasteiger partial charge in [0.1, 0.15) is 0 Å². The Hall–Kier alpha value is -0.380. The van der Waals surface area contributed by atoms with Gasteiger partial charge < -0.3 is 10.6 Å². The van der Waals surface area contributed by atoms with Gasteiger partial charge in [-0.1, -0.05) is 34.1 Å². The third kappa shape index (κ3) is 3.06. The van der Waals surface area contributed by atoms with Crippen molar-refractivity contribution in [3.8, 4) is 0 Å². The lowest BCUT2D eigenvalue weighted by Crippen LogP contribution is -2.25. The molecule has 0 aromatic heterocycles. The van der Waals surface area contributed by atoms with Crippen molar-refractivity contribution in [1.29, 1.82) is 0 Å². The lowest BCUT2D eigenvalue weighted by Gasteiger charge is -2.19. The molecule has 2 rings (SSSR count). The van der Waals surface area contributed by atoms with E-state index >= 15 is 0 Å². The molecule has 1 fully saturated rings. The first-order valence-electron chi connectivity index (χ1n) is 5.88. The number of hydrogen-bond donors (Lipinski definition) is 1. The smallest absolute Gasteiger partial charge is 0.0318 e. The van der Waals surface area contributed by atoms with Crippen molar-refractivity contribution in [2.75, 3.05) is 13.6 Å². The highest BCUT2D eigenvalue weighted by molar-refractivity contribution is 9.10. The highest BCUT2D eigenvalue weighted by Crippen LogP contribution is 2.27. The quantitative estimate of drug-likeness (QED) is 0.900. The van der Waals surface area contributed by atoms with Crippen molar-refractivity contribution in [3.63, 3.8) is 0 Å². The van der Waals surface area contributed by atoms with Gasteiger partial charge in [0.25, 0.3) is 0 Å². The van der Waals surface area contributed by atoms with E-state index in [9.17, 15) is 0 Å². The van der Waals surface area contributed by atoms with Crippen LogP contribution in [0.5, 0.6) is 0 Å². The number of nitrogens with two attached hydrogens (primary N) is 1.